The molecule has 3 aromatic rings. The number of methoxy groups -OCH3 is 1. The second-order valence-electron chi connectivity index (χ2n) is 5.60. The molecule has 0 unspecified atom stereocenters. The molecular formula is C19H18FN3O3S. The van der Waals surface area contributed by atoms with E-state index in [-0.39, 0.29) is 24.0 Å². The van der Waals surface area contributed by atoms with Crippen LogP contribution < -0.4 is 10.1 Å². The molecular weight excluding hydrogens is 369 g/mol. The molecule has 0 radical (unpaired) electrons. The molecule has 0 spiro atoms. The summed E-state index contributed by atoms with van der Waals surface area (Å²) in [6.07, 6.45) is 0. The lowest BCUT2D eigenvalue weighted by molar-refractivity contribution is -0.118. The number of thioether (sulfide) groups is 1. The number of carbonyl (C=O) groups excluding carboxylic acids is 1. The third-order valence-electron chi connectivity index (χ3n) is 3.68. The maximum absolute atomic E-state index is 13.5. The molecule has 0 bridgehead atoms. The van der Waals surface area contributed by atoms with Gasteiger partial charge in [-0.3, -0.25) is 4.79 Å². The van der Waals surface area contributed by atoms with E-state index in [9.17, 15) is 9.18 Å². The van der Waals surface area contributed by atoms with Gasteiger partial charge in [-0.1, -0.05) is 35.5 Å². The van der Waals surface area contributed by atoms with Crippen LogP contribution in [0.15, 0.2) is 53.1 Å². The molecule has 0 fully saturated rings. The van der Waals surface area contributed by atoms with Gasteiger partial charge in [0, 0.05) is 11.3 Å². The van der Waals surface area contributed by atoms with Crippen molar-refractivity contribution in [3.8, 4) is 17.1 Å². The average Bonchev–Trinajstić information content (AvgIpc) is 3.17. The van der Waals surface area contributed by atoms with Crippen molar-refractivity contribution in [2.24, 2.45) is 0 Å². The Morgan fingerprint density at radius 1 is 1.26 bits per heavy atom. The van der Waals surface area contributed by atoms with Crippen molar-refractivity contribution in [2.75, 3.05) is 12.9 Å². The third-order valence-corrected chi connectivity index (χ3v) is 4.66. The normalized spacial score (nSPS) is 10.6. The van der Waals surface area contributed by atoms with Crippen LogP contribution in [-0.4, -0.2) is 28.9 Å². The van der Waals surface area contributed by atoms with Crippen LogP contribution in [0, 0.1) is 5.82 Å². The molecule has 2 aromatic carbocycles. The van der Waals surface area contributed by atoms with Crippen molar-refractivity contribution in [3.63, 3.8) is 0 Å². The largest absolute Gasteiger partial charge is 0.497 e. The Labute approximate surface area is 160 Å². The molecule has 0 saturated heterocycles. The third kappa shape index (κ3) is 5.30. The van der Waals surface area contributed by atoms with Crippen LogP contribution >= 0.6 is 11.8 Å². The van der Waals surface area contributed by atoms with Crippen LogP contribution in [0.1, 0.15) is 11.5 Å². The van der Waals surface area contributed by atoms with Crippen molar-refractivity contribution < 1.29 is 18.4 Å². The molecule has 1 N–H and O–H groups in total. The van der Waals surface area contributed by atoms with E-state index in [1.807, 2.05) is 18.2 Å². The summed E-state index contributed by atoms with van der Waals surface area (Å²) in [5.41, 5.74) is 1.34. The summed E-state index contributed by atoms with van der Waals surface area (Å²) in [5, 5.41) is 6.62. The second kappa shape index (κ2) is 9.18. The predicted octanol–water partition coefficient (Wildman–Crippen LogP) is 3.43. The van der Waals surface area contributed by atoms with Gasteiger partial charge in [-0.15, -0.1) is 11.8 Å². The molecule has 8 heteroatoms. The highest BCUT2D eigenvalue weighted by Crippen LogP contribution is 2.21. The van der Waals surface area contributed by atoms with Crippen LogP contribution in [0.4, 0.5) is 4.39 Å². The Morgan fingerprint density at radius 3 is 2.93 bits per heavy atom. The Hall–Kier alpha value is -2.87. The zero-order valence-corrected chi connectivity index (χ0v) is 15.5. The first kappa shape index (κ1) is 18.9. The molecule has 1 heterocycles. The highest BCUT2D eigenvalue weighted by molar-refractivity contribution is 7.99. The standard InChI is InChI=1S/C19H18FN3O3S/c1-25-15-7-4-6-13(9-15)19-22-18(26-23-19)10-21-17(24)12-27-11-14-5-2-3-8-16(14)20/h2-9H,10-12H2,1H3,(H,21,24). The number of aromatic nitrogens is 2. The van der Waals surface area contributed by atoms with Gasteiger partial charge in [0.05, 0.1) is 19.4 Å². The summed E-state index contributed by atoms with van der Waals surface area (Å²) in [5.74, 6) is 1.62. The monoisotopic (exact) mass is 387 g/mol. The Balaban J connectivity index is 1.46. The highest BCUT2D eigenvalue weighted by Gasteiger charge is 2.11. The first-order chi connectivity index (χ1) is 13.2. The number of amides is 1. The lowest BCUT2D eigenvalue weighted by Crippen LogP contribution is -2.24. The minimum absolute atomic E-state index is 0.135. The highest BCUT2D eigenvalue weighted by atomic mass is 32.2. The molecule has 0 aliphatic rings. The van der Waals surface area contributed by atoms with Gasteiger partial charge in [-0.25, -0.2) is 4.39 Å². The maximum Gasteiger partial charge on any atom is 0.246 e. The van der Waals surface area contributed by atoms with Gasteiger partial charge in [0.1, 0.15) is 11.6 Å². The Kier molecular flexibility index (Phi) is 6.43. The first-order valence-corrected chi connectivity index (χ1v) is 9.36. The first-order valence-electron chi connectivity index (χ1n) is 8.20. The summed E-state index contributed by atoms with van der Waals surface area (Å²) in [4.78, 5) is 16.2. The number of ether oxygens (including phenoxy) is 1. The van der Waals surface area contributed by atoms with Crippen LogP contribution in [0.25, 0.3) is 11.4 Å². The van der Waals surface area contributed by atoms with E-state index in [0.717, 1.165) is 5.56 Å². The van der Waals surface area contributed by atoms with Crippen molar-refractivity contribution in [1.29, 1.82) is 0 Å². The summed E-state index contributed by atoms with van der Waals surface area (Å²) in [6.45, 7) is 0.135. The van der Waals surface area contributed by atoms with E-state index in [4.69, 9.17) is 9.26 Å². The van der Waals surface area contributed by atoms with Gasteiger partial charge in [-0.05, 0) is 23.8 Å². The van der Waals surface area contributed by atoms with Crippen LogP contribution in [0.2, 0.25) is 0 Å². The molecule has 3 rings (SSSR count). The Morgan fingerprint density at radius 2 is 2.11 bits per heavy atom. The van der Waals surface area contributed by atoms with Crippen molar-refractivity contribution in [1.82, 2.24) is 15.5 Å². The van der Waals surface area contributed by atoms with Gasteiger partial charge in [0.2, 0.25) is 17.6 Å². The fraction of sp³-hybridized carbons (Fsp3) is 0.211. The SMILES string of the molecule is COc1cccc(-c2noc(CNC(=O)CSCc3ccccc3F)n2)c1. The fourth-order valence-corrected chi connectivity index (χ4v) is 3.14. The van der Waals surface area contributed by atoms with Crippen molar-refractivity contribution in [2.45, 2.75) is 12.3 Å². The Bertz CT molecular complexity index is 916. The molecule has 1 amide bonds. The summed E-state index contributed by atoms with van der Waals surface area (Å²) >= 11 is 1.34. The maximum atomic E-state index is 13.5. The van der Waals surface area contributed by atoms with E-state index in [2.05, 4.69) is 15.5 Å². The number of hydrogen-bond donors (Lipinski definition) is 1. The van der Waals surface area contributed by atoms with Crippen LogP contribution in [0.3, 0.4) is 0 Å². The lowest BCUT2D eigenvalue weighted by Gasteiger charge is -2.04. The van der Waals surface area contributed by atoms with Crippen molar-refractivity contribution in [3.05, 3.63) is 65.8 Å². The molecule has 0 aliphatic heterocycles. The van der Waals surface area contributed by atoms with Gasteiger partial charge < -0.3 is 14.6 Å². The predicted molar refractivity (Wildman–Crippen MR) is 101 cm³/mol. The van der Waals surface area contributed by atoms with E-state index in [1.54, 1.807) is 31.4 Å². The number of nitrogens with zero attached hydrogens (tertiary/aromatic N) is 2. The molecule has 0 saturated carbocycles. The number of rotatable bonds is 8. The molecule has 27 heavy (non-hydrogen) atoms. The van der Waals surface area contributed by atoms with Crippen molar-refractivity contribution >= 4 is 17.7 Å². The minimum atomic E-state index is -0.263. The minimum Gasteiger partial charge on any atom is -0.497 e. The quantitative estimate of drug-likeness (QED) is 0.638. The van der Waals surface area contributed by atoms with Gasteiger partial charge in [0.25, 0.3) is 0 Å². The number of hydrogen-bond acceptors (Lipinski definition) is 6. The van der Waals surface area contributed by atoms with Gasteiger partial charge in [0.15, 0.2) is 0 Å². The molecule has 0 aliphatic carbocycles. The van der Waals surface area contributed by atoms with Gasteiger partial charge in [-0.2, -0.15) is 4.98 Å². The fourth-order valence-electron chi connectivity index (χ4n) is 2.30. The molecule has 0 atom stereocenters. The summed E-state index contributed by atoms with van der Waals surface area (Å²) in [6, 6.07) is 13.8. The molecule has 140 valence electrons. The van der Waals surface area contributed by atoms with Crippen LogP contribution in [-0.2, 0) is 17.1 Å². The van der Waals surface area contributed by atoms with Gasteiger partial charge >= 0.3 is 0 Å². The zero-order valence-electron chi connectivity index (χ0n) is 14.6. The topological polar surface area (TPSA) is 77.3 Å². The summed E-state index contributed by atoms with van der Waals surface area (Å²) in [7, 11) is 1.58. The smallest absolute Gasteiger partial charge is 0.246 e. The van der Waals surface area contributed by atoms with E-state index < -0.39 is 0 Å². The van der Waals surface area contributed by atoms with Crippen LogP contribution in [0.5, 0.6) is 5.75 Å². The number of carbonyl (C=O) groups is 1. The lowest BCUT2D eigenvalue weighted by atomic mass is 10.2. The number of nitrogens with one attached hydrogen (secondary N) is 1. The molecule has 1 aromatic heterocycles. The summed E-state index contributed by atoms with van der Waals surface area (Å²) < 4.78 is 23.9. The van der Waals surface area contributed by atoms with E-state index in [1.165, 1.54) is 17.8 Å². The average molecular weight is 387 g/mol. The number of halogens is 1. The zero-order chi connectivity index (χ0) is 19.1. The second-order valence-corrected chi connectivity index (χ2v) is 6.59. The van der Waals surface area contributed by atoms with E-state index in [0.29, 0.717) is 28.8 Å². The number of benzene rings is 2. The van der Waals surface area contributed by atoms with E-state index >= 15 is 0 Å². The molecule has 6 nitrogen and oxygen atoms in total.